The number of ketones is 3. The van der Waals surface area contributed by atoms with Crippen LogP contribution in [0.25, 0.3) is 0 Å². The van der Waals surface area contributed by atoms with Crippen molar-refractivity contribution in [1.29, 1.82) is 0 Å². The minimum atomic E-state index is -1.35. The van der Waals surface area contributed by atoms with E-state index in [0.717, 1.165) is 44.9 Å². The van der Waals surface area contributed by atoms with Gasteiger partial charge in [-0.05, 0) is 120 Å². The Bertz CT molecular complexity index is 1130. The van der Waals surface area contributed by atoms with Crippen molar-refractivity contribution in [1.82, 2.24) is 0 Å². The molecule has 212 valence electrons. The highest BCUT2D eigenvalue weighted by Gasteiger charge is 2.67. The van der Waals surface area contributed by atoms with Gasteiger partial charge in [-0.15, -0.1) is 0 Å². The molecule has 7 aliphatic carbocycles. The Balaban J connectivity index is 1.20. The lowest BCUT2D eigenvalue weighted by Gasteiger charge is -2.59. The van der Waals surface area contributed by atoms with E-state index >= 15 is 0 Å². The molecule has 1 aliphatic heterocycles. The highest BCUT2D eigenvalue weighted by molar-refractivity contribution is 6.68. The summed E-state index contributed by atoms with van der Waals surface area (Å²) in [7, 11) is 0. The number of cyclic esters (lactones) is 2. The van der Waals surface area contributed by atoms with Crippen LogP contribution in [0.4, 0.5) is 4.79 Å². The van der Waals surface area contributed by atoms with E-state index in [4.69, 9.17) is 14.2 Å². The molecule has 8 unspecified atom stereocenters. The maximum absolute atomic E-state index is 14.1. The Hall–Kier alpha value is -2.25. The molecule has 8 atom stereocenters. The summed E-state index contributed by atoms with van der Waals surface area (Å²) in [6, 6.07) is 0. The minimum absolute atomic E-state index is 0.135. The number of fused-ring (bicyclic) bond motifs is 2. The minimum Gasteiger partial charge on any atom is -0.458 e. The fraction of sp³-hybridized carbons (Fsp3) is 0.839. The summed E-state index contributed by atoms with van der Waals surface area (Å²) in [6.07, 6.45) is 6.59. The Morgan fingerprint density at radius 1 is 0.846 bits per heavy atom. The molecule has 8 aliphatic rings. The molecule has 39 heavy (non-hydrogen) atoms. The van der Waals surface area contributed by atoms with E-state index in [1.54, 1.807) is 20.8 Å². The van der Waals surface area contributed by atoms with Crippen LogP contribution in [0.15, 0.2) is 0 Å². The second-order valence-corrected chi connectivity index (χ2v) is 14.8. The molecule has 0 aromatic rings. The van der Waals surface area contributed by atoms with Gasteiger partial charge in [-0.1, -0.05) is 0 Å². The standard InChI is InChI=1S/C31H40O8/c1-13-27(38-29(36)37-13)21-17-6-5-16(12-17)20(21)22-23(25(33)26(34)24(22)32)30(2,3)28(35)39-31(4)18-8-14-7-15(10-18)11-19(31)9-14/h13-23,27H,5-12H2,1-4H3. The summed E-state index contributed by atoms with van der Waals surface area (Å²) in [5.41, 5.74) is -1.92. The molecular formula is C31H40O8. The maximum atomic E-state index is 14.1. The molecule has 1 saturated heterocycles. The van der Waals surface area contributed by atoms with Gasteiger partial charge in [0.1, 0.15) is 17.8 Å². The predicted octanol–water partition coefficient (Wildman–Crippen LogP) is 4.31. The Kier molecular flexibility index (Phi) is 5.53. The van der Waals surface area contributed by atoms with Crippen molar-refractivity contribution in [2.75, 3.05) is 0 Å². The first-order chi connectivity index (χ1) is 18.4. The van der Waals surface area contributed by atoms with E-state index in [0.29, 0.717) is 23.7 Å². The Morgan fingerprint density at radius 3 is 2.00 bits per heavy atom. The van der Waals surface area contributed by atoms with Crippen LogP contribution in [-0.2, 0) is 33.4 Å². The third-order valence-electron chi connectivity index (χ3n) is 12.6. The van der Waals surface area contributed by atoms with E-state index in [1.165, 1.54) is 6.42 Å². The predicted molar refractivity (Wildman–Crippen MR) is 136 cm³/mol. The average molecular weight is 541 g/mol. The van der Waals surface area contributed by atoms with Crippen molar-refractivity contribution in [3.8, 4) is 0 Å². The zero-order valence-corrected chi connectivity index (χ0v) is 23.4. The number of esters is 1. The molecule has 0 N–H and O–H groups in total. The van der Waals surface area contributed by atoms with Gasteiger partial charge in [0.05, 0.1) is 11.3 Å². The van der Waals surface area contributed by atoms with Crippen LogP contribution in [0.3, 0.4) is 0 Å². The normalized spacial score (nSPS) is 50.1. The van der Waals surface area contributed by atoms with E-state index in [2.05, 4.69) is 6.92 Å². The fourth-order valence-electron chi connectivity index (χ4n) is 10.9. The zero-order valence-electron chi connectivity index (χ0n) is 23.4. The quantitative estimate of drug-likeness (QED) is 0.375. The zero-order chi connectivity index (χ0) is 27.6. The number of carbonyl (C=O) groups is 5. The lowest BCUT2D eigenvalue weighted by atomic mass is 9.50. The smallest absolute Gasteiger partial charge is 0.458 e. The number of rotatable bonds is 5. The van der Waals surface area contributed by atoms with Crippen LogP contribution in [0, 0.1) is 64.6 Å². The van der Waals surface area contributed by atoms with Crippen molar-refractivity contribution < 1.29 is 38.2 Å². The number of carbonyl (C=O) groups excluding carboxylic acids is 5. The van der Waals surface area contributed by atoms with Gasteiger partial charge < -0.3 is 14.2 Å². The molecule has 8 heteroatoms. The van der Waals surface area contributed by atoms with E-state index < -0.39 is 64.5 Å². The van der Waals surface area contributed by atoms with Gasteiger partial charge in [-0.2, -0.15) is 0 Å². The van der Waals surface area contributed by atoms with Crippen LogP contribution in [0.1, 0.15) is 79.1 Å². The molecule has 7 saturated carbocycles. The average Bonchev–Trinajstić information content (AvgIpc) is 3.62. The van der Waals surface area contributed by atoms with Gasteiger partial charge in [0, 0.05) is 11.8 Å². The van der Waals surface area contributed by atoms with Crippen LogP contribution >= 0.6 is 0 Å². The molecule has 6 bridgehead atoms. The highest BCUT2D eigenvalue weighted by atomic mass is 16.8. The molecule has 0 amide bonds. The highest BCUT2D eigenvalue weighted by Crippen LogP contribution is 2.62. The fourth-order valence-corrected chi connectivity index (χ4v) is 10.9. The number of ether oxygens (including phenoxy) is 3. The van der Waals surface area contributed by atoms with Gasteiger partial charge >= 0.3 is 12.1 Å². The molecule has 8 nitrogen and oxygen atoms in total. The van der Waals surface area contributed by atoms with Crippen molar-refractivity contribution >= 4 is 29.5 Å². The molecule has 8 fully saturated rings. The molecule has 0 radical (unpaired) electrons. The lowest BCUT2D eigenvalue weighted by Crippen LogP contribution is -2.59. The number of hydrogen-bond donors (Lipinski definition) is 0. The van der Waals surface area contributed by atoms with E-state index in [1.807, 2.05) is 0 Å². The topological polar surface area (TPSA) is 113 Å². The molecule has 0 aromatic carbocycles. The van der Waals surface area contributed by atoms with Crippen molar-refractivity contribution in [3.05, 3.63) is 0 Å². The summed E-state index contributed by atoms with van der Waals surface area (Å²) >= 11 is 0. The number of hydrogen-bond acceptors (Lipinski definition) is 8. The summed E-state index contributed by atoms with van der Waals surface area (Å²) in [4.78, 5) is 66.1. The van der Waals surface area contributed by atoms with E-state index in [-0.39, 0.29) is 23.7 Å². The van der Waals surface area contributed by atoms with Crippen molar-refractivity contribution in [3.63, 3.8) is 0 Å². The third kappa shape index (κ3) is 3.51. The van der Waals surface area contributed by atoms with Gasteiger partial charge in [0.25, 0.3) is 5.78 Å². The number of Topliss-reactive ketones (excluding diaryl/α,β-unsaturated/α-hetero) is 3. The van der Waals surface area contributed by atoms with Gasteiger partial charge in [0.2, 0.25) is 11.6 Å². The maximum Gasteiger partial charge on any atom is 0.509 e. The second-order valence-electron chi connectivity index (χ2n) is 14.8. The third-order valence-corrected chi connectivity index (χ3v) is 12.6. The van der Waals surface area contributed by atoms with Gasteiger partial charge in [0.15, 0.2) is 0 Å². The Morgan fingerprint density at radius 2 is 1.44 bits per heavy atom. The van der Waals surface area contributed by atoms with Crippen molar-refractivity contribution in [2.24, 2.45) is 64.6 Å². The van der Waals surface area contributed by atoms with Crippen LogP contribution in [0.5, 0.6) is 0 Å². The second kappa shape index (κ2) is 8.39. The molecular weight excluding hydrogens is 500 g/mol. The summed E-state index contributed by atoms with van der Waals surface area (Å²) < 4.78 is 17.3. The summed E-state index contributed by atoms with van der Waals surface area (Å²) in [5, 5.41) is 0. The monoisotopic (exact) mass is 540 g/mol. The molecule has 8 rings (SSSR count). The van der Waals surface area contributed by atoms with Gasteiger partial charge in [-0.3, -0.25) is 19.2 Å². The first kappa shape index (κ1) is 25.7. The SMILES string of the molecule is CC1OC(=O)OC1C1C2CCC(C2)C1C1C(=O)C(=O)C(=O)C1C(C)(C)C(=O)OC1(C)C2CC3CC(C2)CC1C3. The van der Waals surface area contributed by atoms with Crippen molar-refractivity contribution in [2.45, 2.75) is 96.9 Å². The van der Waals surface area contributed by atoms with Crippen LogP contribution in [-0.4, -0.2) is 47.3 Å². The van der Waals surface area contributed by atoms with E-state index in [9.17, 15) is 24.0 Å². The Labute approximate surface area is 229 Å². The largest absolute Gasteiger partial charge is 0.509 e. The molecule has 0 spiro atoms. The molecule has 0 aromatic heterocycles. The van der Waals surface area contributed by atoms with Crippen LogP contribution in [0.2, 0.25) is 0 Å². The lowest BCUT2D eigenvalue weighted by molar-refractivity contribution is -0.214. The summed E-state index contributed by atoms with van der Waals surface area (Å²) in [5.74, 6) is -2.99. The van der Waals surface area contributed by atoms with Gasteiger partial charge in [-0.25, -0.2) is 4.79 Å². The first-order valence-electron chi connectivity index (χ1n) is 15.1. The summed E-state index contributed by atoms with van der Waals surface area (Å²) in [6.45, 7) is 7.22. The van der Waals surface area contributed by atoms with Crippen LogP contribution < -0.4 is 0 Å². The molecule has 1 heterocycles. The first-order valence-corrected chi connectivity index (χ1v) is 15.1.